The third-order valence-electron chi connectivity index (χ3n) is 2.48. The van der Waals surface area contributed by atoms with E-state index in [2.05, 4.69) is 18.0 Å². The van der Waals surface area contributed by atoms with Crippen molar-refractivity contribution in [2.45, 2.75) is 24.9 Å². The van der Waals surface area contributed by atoms with Crippen LogP contribution in [-0.2, 0) is 4.74 Å². The molecule has 2 nitrogen and oxygen atoms in total. The predicted octanol–water partition coefficient (Wildman–Crippen LogP) is 1.25. The molecule has 66 valence electrons. The lowest BCUT2D eigenvalue weighted by Gasteiger charge is -2.37. The Kier molecular flexibility index (Phi) is 2.28. The van der Waals surface area contributed by atoms with Crippen LogP contribution in [0.5, 0.6) is 0 Å². The number of morpholine rings is 1. The van der Waals surface area contributed by atoms with E-state index in [0.717, 1.165) is 26.1 Å². The minimum atomic E-state index is 0.545. The first-order valence-corrected chi connectivity index (χ1v) is 4.53. The lowest BCUT2D eigenvalue weighted by Crippen LogP contribution is -2.52. The molecule has 2 heterocycles. The highest BCUT2D eigenvalue weighted by Gasteiger charge is 2.27. The van der Waals surface area contributed by atoms with Crippen LogP contribution >= 0.6 is 0 Å². The molecule has 0 aromatic carbocycles. The Morgan fingerprint density at radius 2 is 2.00 bits per heavy atom. The lowest BCUT2D eigenvalue weighted by atomic mass is 9.92. The average molecular weight is 165 g/mol. The zero-order valence-electron chi connectivity index (χ0n) is 7.25. The van der Waals surface area contributed by atoms with E-state index >= 15 is 0 Å². The van der Waals surface area contributed by atoms with Gasteiger partial charge in [0.1, 0.15) is 0 Å². The third kappa shape index (κ3) is 1.59. The van der Waals surface area contributed by atoms with Crippen molar-refractivity contribution < 1.29 is 4.74 Å². The molecule has 2 bridgehead atoms. The molecule has 0 aromatic heterocycles. The summed E-state index contributed by atoms with van der Waals surface area (Å²) >= 11 is 0. The SMILES string of the molecule is C=CC=C1CC2COCC(C1)N2. The smallest absolute Gasteiger partial charge is 0.0623 e. The summed E-state index contributed by atoms with van der Waals surface area (Å²) in [5.74, 6) is 0. The van der Waals surface area contributed by atoms with Crippen LogP contribution in [0.4, 0.5) is 0 Å². The summed E-state index contributed by atoms with van der Waals surface area (Å²) in [7, 11) is 0. The van der Waals surface area contributed by atoms with Gasteiger partial charge in [-0.05, 0) is 12.8 Å². The van der Waals surface area contributed by atoms with Gasteiger partial charge >= 0.3 is 0 Å². The van der Waals surface area contributed by atoms with Crippen LogP contribution in [0.1, 0.15) is 12.8 Å². The van der Waals surface area contributed by atoms with E-state index in [1.807, 2.05) is 6.08 Å². The van der Waals surface area contributed by atoms with Crippen LogP contribution in [0, 0.1) is 0 Å². The molecule has 2 atom stereocenters. The van der Waals surface area contributed by atoms with Gasteiger partial charge in [-0.15, -0.1) is 0 Å². The first-order chi connectivity index (χ1) is 5.88. The van der Waals surface area contributed by atoms with E-state index < -0.39 is 0 Å². The Labute approximate surface area is 73.3 Å². The zero-order chi connectivity index (χ0) is 8.39. The molecular formula is C10H15NO. The van der Waals surface area contributed by atoms with Crippen molar-refractivity contribution in [3.63, 3.8) is 0 Å². The Bertz CT molecular complexity index is 196. The largest absolute Gasteiger partial charge is 0.378 e. The maximum Gasteiger partial charge on any atom is 0.0623 e. The van der Waals surface area contributed by atoms with Gasteiger partial charge in [0.2, 0.25) is 0 Å². The number of nitrogens with one attached hydrogen (secondary N) is 1. The number of hydrogen-bond donors (Lipinski definition) is 1. The second-order valence-electron chi connectivity index (χ2n) is 3.57. The molecule has 2 saturated heterocycles. The molecule has 2 heteroatoms. The summed E-state index contributed by atoms with van der Waals surface area (Å²) in [5, 5.41) is 3.54. The summed E-state index contributed by atoms with van der Waals surface area (Å²) in [6, 6.07) is 1.09. The van der Waals surface area contributed by atoms with E-state index in [0.29, 0.717) is 12.1 Å². The van der Waals surface area contributed by atoms with Gasteiger partial charge in [-0.3, -0.25) is 0 Å². The van der Waals surface area contributed by atoms with E-state index in [1.54, 1.807) is 0 Å². The van der Waals surface area contributed by atoms with Crippen molar-refractivity contribution in [2.24, 2.45) is 0 Å². The van der Waals surface area contributed by atoms with Crippen LogP contribution in [0.3, 0.4) is 0 Å². The van der Waals surface area contributed by atoms with Crippen LogP contribution < -0.4 is 5.32 Å². The fourth-order valence-electron chi connectivity index (χ4n) is 2.04. The second kappa shape index (κ2) is 3.42. The zero-order valence-corrected chi connectivity index (χ0v) is 7.25. The number of allylic oxidation sites excluding steroid dienone is 2. The van der Waals surface area contributed by atoms with Gasteiger partial charge < -0.3 is 10.1 Å². The summed E-state index contributed by atoms with van der Waals surface area (Å²) in [6.45, 7) is 5.45. The maximum absolute atomic E-state index is 5.45. The Hall–Kier alpha value is -0.600. The molecule has 2 aliphatic rings. The first kappa shape index (κ1) is 8.02. The molecule has 0 radical (unpaired) electrons. The second-order valence-corrected chi connectivity index (χ2v) is 3.57. The topological polar surface area (TPSA) is 21.3 Å². The molecule has 2 fully saturated rings. The minimum Gasteiger partial charge on any atom is -0.378 e. The molecule has 1 N–H and O–H groups in total. The van der Waals surface area contributed by atoms with Crippen LogP contribution in [-0.4, -0.2) is 25.3 Å². The Morgan fingerprint density at radius 3 is 2.58 bits per heavy atom. The van der Waals surface area contributed by atoms with Crippen molar-refractivity contribution in [1.29, 1.82) is 0 Å². The van der Waals surface area contributed by atoms with Crippen molar-refractivity contribution in [3.8, 4) is 0 Å². The highest BCUT2D eigenvalue weighted by Crippen LogP contribution is 2.22. The summed E-state index contributed by atoms with van der Waals surface area (Å²) < 4.78 is 5.45. The molecule has 0 amide bonds. The molecule has 0 aliphatic carbocycles. The van der Waals surface area contributed by atoms with Crippen molar-refractivity contribution in [2.75, 3.05) is 13.2 Å². The highest BCUT2D eigenvalue weighted by molar-refractivity contribution is 5.16. The predicted molar refractivity (Wildman–Crippen MR) is 49.0 cm³/mol. The van der Waals surface area contributed by atoms with E-state index in [1.165, 1.54) is 5.57 Å². The number of ether oxygens (including phenoxy) is 1. The molecule has 0 saturated carbocycles. The number of piperidine rings is 1. The van der Waals surface area contributed by atoms with Crippen molar-refractivity contribution in [3.05, 3.63) is 24.3 Å². The van der Waals surface area contributed by atoms with Gasteiger partial charge in [0.25, 0.3) is 0 Å². The summed E-state index contributed by atoms with van der Waals surface area (Å²) in [6.07, 6.45) is 6.29. The Morgan fingerprint density at radius 1 is 1.33 bits per heavy atom. The van der Waals surface area contributed by atoms with Gasteiger partial charge in [0, 0.05) is 12.1 Å². The quantitative estimate of drug-likeness (QED) is 0.631. The average Bonchev–Trinajstić information content (AvgIpc) is 2.04. The molecule has 12 heavy (non-hydrogen) atoms. The van der Waals surface area contributed by atoms with Gasteiger partial charge in [0.05, 0.1) is 13.2 Å². The van der Waals surface area contributed by atoms with Crippen LogP contribution in [0.2, 0.25) is 0 Å². The fraction of sp³-hybridized carbons (Fsp3) is 0.600. The molecule has 2 unspecified atom stereocenters. The third-order valence-corrected chi connectivity index (χ3v) is 2.48. The maximum atomic E-state index is 5.45. The van der Waals surface area contributed by atoms with Gasteiger partial charge in [-0.25, -0.2) is 0 Å². The number of fused-ring (bicyclic) bond motifs is 2. The van der Waals surface area contributed by atoms with Gasteiger partial charge in [-0.1, -0.05) is 24.3 Å². The highest BCUT2D eigenvalue weighted by atomic mass is 16.5. The lowest BCUT2D eigenvalue weighted by molar-refractivity contribution is 0.0351. The van der Waals surface area contributed by atoms with Crippen molar-refractivity contribution >= 4 is 0 Å². The van der Waals surface area contributed by atoms with Gasteiger partial charge in [0.15, 0.2) is 0 Å². The summed E-state index contributed by atoms with van der Waals surface area (Å²) in [4.78, 5) is 0. The molecule has 0 spiro atoms. The molecular weight excluding hydrogens is 150 g/mol. The van der Waals surface area contributed by atoms with E-state index in [9.17, 15) is 0 Å². The molecule has 2 aliphatic heterocycles. The number of rotatable bonds is 1. The van der Waals surface area contributed by atoms with E-state index in [-0.39, 0.29) is 0 Å². The van der Waals surface area contributed by atoms with Crippen LogP contribution in [0.15, 0.2) is 24.3 Å². The van der Waals surface area contributed by atoms with Crippen LogP contribution in [0.25, 0.3) is 0 Å². The van der Waals surface area contributed by atoms with Gasteiger partial charge in [-0.2, -0.15) is 0 Å². The van der Waals surface area contributed by atoms with Crippen molar-refractivity contribution in [1.82, 2.24) is 5.32 Å². The molecule has 2 rings (SSSR count). The fourth-order valence-corrected chi connectivity index (χ4v) is 2.04. The standard InChI is InChI=1S/C10H15NO/c1-2-3-8-4-9-6-12-7-10(5-8)11-9/h2-3,9-11H,1,4-7H2. The monoisotopic (exact) mass is 165 g/mol. The normalized spacial score (nSPS) is 34.5. The minimum absolute atomic E-state index is 0.545. The summed E-state index contributed by atoms with van der Waals surface area (Å²) in [5.41, 5.74) is 1.52. The van der Waals surface area contributed by atoms with E-state index in [4.69, 9.17) is 4.74 Å². The molecule has 0 aromatic rings. The number of hydrogen-bond acceptors (Lipinski definition) is 2. The Balaban J connectivity index is 2.05. The first-order valence-electron chi connectivity index (χ1n) is 4.53.